The number of nitro groups is 1. The van der Waals surface area contributed by atoms with Crippen LogP contribution in [-0.2, 0) is 9.53 Å². The first-order chi connectivity index (χ1) is 13.6. The summed E-state index contributed by atoms with van der Waals surface area (Å²) in [6.45, 7) is 2.23. The molecule has 2 aliphatic rings. The highest BCUT2D eigenvalue weighted by Gasteiger charge is 2.22. The number of carbonyl (C=O) groups excluding carboxylic acids is 1. The lowest BCUT2D eigenvalue weighted by atomic mass is 9.95. The highest BCUT2D eigenvalue weighted by Crippen LogP contribution is 2.30. The molecule has 1 aliphatic heterocycles. The summed E-state index contributed by atoms with van der Waals surface area (Å²) in [5, 5.41) is 23.8. The first-order valence-electron chi connectivity index (χ1n) is 9.62. The van der Waals surface area contributed by atoms with Gasteiger partial charge in [-0.05, 0) is 30.5 Å². The molecule has 3 rings (SSSR count). The lowest BCUT2D eigenvalue weighted by molar-refractivity contribution is -0.384. The number of amides is 1. The van der Waals surface area contributed by atoms with Gasteiger partial charge in [0.2, 0.25) is 0 Å². The third-order valence-electron chi connectivity index (χ3n) is 5.16. The fraction of sp³-hybridized carbons (Fsp3) is 0.500. The Hall–Kier alpha value is -2.92. The van der Waals surface area contributed by atoms with Gasteiger partial charge in [0.25, 0.3) is 11.6 Å². The van der Waals surface area contributed by atoms with Gasteiger partial charge in [-0.2, -0.15) is 5.26 Å². The zero-order chi connectivity index (χ0) is 19.9. The van der Waals surface area contributed by atoms with Gasteiger partial charge < -0.3 is 15.0 Å². The van der Waals surface area contributed by atoms with Gasteiger partial charge in [-0.1, -0.05) is 25.3 Å². The Morgan fingerprint density at radius 1 is 1.29 bits per heavy atom. The summed E-state index contributed by atoms with van der Waals surface area (Å²) in [5.41, 5.74) is 0.897. The van der Waals surface area contributed by atoms with Gasteiger partial charge in [-0.25, -0.2) is 0 Å². The van der Waals surface area contributed by atoms with E-state index < -0.39 is 10.8 Å². The van der Waals surface area contributed by atoms with E-state index in [9.17, 15) is 20.2 Å². The van der Waals surface area contributed by atoms with Crippen LogP contribution in [0.3, 0.4) is 0 Å². The molecule has 28 heavy (non-hydrogen) atoms. The average Bonchev–Trinajstić information content (AvgIpc) is 2.73. The second-order valence-electron chi connectivity index (χ2n) is 7.08. The third kappa shape index (κ3) is 4.87. The number of benzene rings is 1. The van der Waals surface area contributed by atoms with Crippen LogP contribution in [0.1, 0.15) is 37.7 Å². The summed E-state index contributed by atoms with van der Waals surface area (Å²) < 4.78 is 5.30. The van der Waals surface area contributed by atoms with E-state index >= 15 is 0 Å². The van der Waals surface area contributed by atoms with Crippen molar-refractivity contribution >= 4 is 23.4 Å². The molecule has 0 bridgehead atoms. The summed E-state index contributed by atoms with van der Waals surface area (Å²) in [7, 11) is 0. The Labute approximate surface area is 163 Å². The van der Waals surface area contributed by atoms with Gasteiger partial charge in [-0.15, -0.1) is 0 Å². The number of hydrogen-bond acceptors (Lipinski definition) is 6. The van der Waals surface area contributed by atoms with Crippen LogP contribution in [0.2, 0.25) is 0 Å². The van der Waals surface area contributed by atoms with Crippen LogP contribution in [0.5, 0.6) is 0 Å². The number of ether oxygens (including phenoxy) is 1. The second-order valence-corrected chi connectivity index (χ2v) is 7.08. The van der Waals surface area contributed by atoms with Crippen LogP contribution in [0, 0.1) is 21.4 Å². The first-order valence-corrected chi connectivity index (χ1v) is 9.62. The van der Waals surface area contributed by atoms with E-state index in [2.05, 4.69) is 5.32 Å². The Morgan fingerprint density at radius 3 is 2.64 bits per heavy atom. The van der Waals surface area contributed by atoms with Crippen LogP contribution >= 0.6 is 0 Å². The maximum absolute atomic E-state index is 12.4. The molecule has 1 saturated carbocycles. The van der Waals surface area contributed by atoms with Crippen molar-refractivity contribution in [2.45, 2.75) is 38.1 Å². The minimum atomic E-state index is -0.434. The Kier molecular flexibility index (Phi) is 6.61. The minimum absolute atomic E-state index is 0.0411. The van der Waals surface area contributed by atoms with Gasteiger partial charge in [-0.3, -0.25) is 14.9 Å². The predicted molar refractivity (Wildman–Crippen MR) is 105 cm³/mol. The van der Waals surface area contributed by atoms with Crippen molar-refractivity contribution in [3.05, 3.63) is 39.4 Å². The molecule has 0 atom stereocenters. The maximum Gasteiger partial charge on any atom is 0.293 e. The summed E-state index contributed by atoms with van der Waals surface area (Å²) in [4.78, 5) is 25.5. The number of rotatable bonds is 5. The molecule has 8 heteroatoms. The molecule has 1 heterocycles. The van der Waals surface area contributed by atoms with Crippen molar-refractivity contribution in [3.8, 4) is 6.07 Å². The molecule has 148 valence electrons. The number of morpholine rings is 1. The number of hydrogen-bond donors (Lipinski definition) is 1. The largest absolute Gasteiger partial charge is 0.378 e. The van der Waals surface area contributed by atoms with E-state index in [1.807, 2.05) is 11.0 Å². The van der Waals surface area contributed by atoms with Gasteiger partial charge in [0.15, 0.2) is 0 Å². The van der Waals surface area contributed by atoms with Crippen LogP contribution in [0.25, 0.3) is 6.08 Å². The van der Waals surface area contributed by atoms with Gasteiger partial charge in [0.1, 0.15) is 17.3 Å². The summed E-state index contributed by atoms with van der Waals surface area (Å²) in [5.74, 6) is -0.422. The van der Waals surface area contributed by atoms with Crippen LogP contribution in [0.4, 0.5) is 11.4 Å². The highest BCUT2D eigenvalue weighted by atomic mass is 16.6. The SMILES string of the molecule is N#C/C(=C\c1ccc(N2CCOCC2)c([N+](=O)[O-])c1)C(=O)NC1CCCCC1. The molecule has 0 spiro atoms. The van der Waals surface area contributed by atoms with E-state index in [4.69, 9.17) is 4.74 Å². The van der Waals surface area contributed by atoms with Crippen molar-refractivity contribution in [1.29, 1.82) is 5.26 Å². The van der Waals surface area contributed by atoms with E-state index in [1.165, 1.54) is 18.6 Å². The lowest BCUT2D eigenvalue weighted by Crippen LogP contribution is -2.36. The quantitative estimate of drug-likeness (QED) is 0.362. The van der Waals surface area contributed by atoms with Crippen molar-refractivity contribution < 1.29 is 14.5 Å². The number of nitrogens with zero attached hydrogens (tertiary/aromatic N) is 3. The molecular weight excluding hydrogens is 360 g/mol. The van der Waals surface area contributed by atoms with Crippen molar-refractivity contribution in [1.82, 2.24) is 5.32 Å². The maximum atomic E-state index is 12.4. The first kappa shape index (κ1) is 19.8. The number of carbonyl (C=O) groups is 1. The fourth-order valence-corrected chi connectivity index (χ4v) is 3.67. The second kappa shape index (κ2) is 9.33. The molecule has 2 fully saturated rings. The van der Waals surface area contributed by atoms with Gasteiger partial charge in [0.05, 0.1) is 18.1 Å². The Balaban J connectivity index is 1.80. The molecule has 8 nitrogen and oxygen atoms in total. The van der Waals surface area contributed by atoms with Crippen molar-refractivity contribution in [2.75, 3.05) is 31.2 Å². The molecule has 1 aromatic carbocycles. The molecule has 1 amide bonds. The zero-order valence-corrected chi connectivity index (χ0v) is 15.7. The van der Waals surface area contributed by atoms with Crippen LogP contribution in [-0.4, -0.2) is 43.2 Å². The topological polar surface area (TPSA) is 108 Å². The van der Waals surface area contributed by atoms with Crippen LogP contribution < -0.4 is 10.2 Å². The normalized spacial score (nSPS) is 18.4. The zero-order valence-electron chi connectivity index (χ0n) is 15.7. The van der Waals surface area contributed by atoms with E-state index in [-0.39, 0.29) is 17.3 Å². The number of nitrogens with one attached hydrogen (secondary N) is 1. The molecule has 1 saturated heterocycles. The smallest absolute Gasteiger partial charge is 0.293 e. The molecule has 0 unspecified atom stereocenters. The number of nitro benzene ring substituents is 1. The van der Waals surface area contributed by atoms with Crippen molar-refractivity contribution in [2.24, 2.45) is 0 Å². The predicted octanol–water partition coefficient (Wildman–Crippen LogP) is 2.79. The monoisotopic (exact) mass is 384 g/mol. The standard InChI is InChI=1S/C20H24N4O4/c21-14-16(20(25)22-17-4-2-1-3-5-17)12-15-6-7-18(19(13-15)24(26)27)23-8-10-28-11-9-23/h6-7,12-13,17H,1-5,8-11H2,(H,22,25)/b16-12+. The highest BCUT2D eigenvalue weighted by molar-refractivity contribution is 6.02. The average molecular weight is 384 g/mol. The summed E-state index contributed by atoms with van der Waals surface area (Å²) in [6.07, 6.45) is 6.58. The van der Waals surface area contributed by atoms with Gasteiger partial charge >= 0.3 is 0 Å². The Bertz CT molecular complexity index is 803. The van der Waals surface area contributed by atoms with E-state index in [1.54, 1.807) is 12.1 Å². The number of anilines is 1. The van der Waals surface area contributed by atoms with E-state index in [0.717, 1.165) is 25.7 Å². The molecule has 0 aromatic heterocycles. The minimum Gasteiger partial charge on any atom is -0.378 e. The van der Waals surface area contributed by atoms with Gasteiger partial charge in [0, 0.05) is 25.2 Å². The molecule has 1 N–H and O–H groups in total. The molecule has 1 aliphatic carbocycles. The van der Waals surface area contributed by atoms with Crippen molar-refractivity contribution in [3.63, 3.8) is 0 Å². The van der Waals surface area contributed by atoms with Crippen LogP contribution in [0.15, 0.2) is 23.8 Å². The Morgan fingerprint density at radius 2 is 2.00 bits per heavy atom. The summed E-state index contributed by atoms with van der Waals surface area (Å²) >= 11 is 0. The molecular formula is C20H24N4O4. The van der Waals surface area contributed by atoms with E-state index in [0.29, 0.717) is 37.6 Å². The summed E-state index contributed by atoms with van der Waals surface area (Å²) in [6, 6.07) is 6.79. The molecule has 1 aromatic rings. The third-order valence-corrected chi connectivity index (χ3v) is 5.16. The fourth-order valence-electron chi connectivity index (χ4n) is 3.67. The lowest BCUT2D eigenvalue weighted by Gasteiger charge is -2.28. The molecule has 0 radical (unpaired) electrons. The number of nitriles is 1.